The van der Waals surface area contributed by atoms with Crippen molar-refractivity contribution in [3.8, 4) is 0 Å². The van der Waals surface area contributed by atoms with Crippen LogP contribution in [0.15, 0.2) is 4.52 Å². The molecule has 0 unspecified atom stereocenters. The lowest BCUT2D eigenvalue weighted by Crippen LogP contribution is -2.20. The average molecular weight is 267 g/mol. The number of nitrogens with zero attached hydrogens (tertiary/aromatic N) is 3. The summed E-state index contributed by atoms with van der Waals surface area (Å²) in [4.78, 5) is 6.62. The van der Waals surface area contributed by atoms with E-state index >= 15 is 0 Å². The molecule has 1 fully saturated rings. The molecule has 0 N–H and O–H groups in total. The second-order valence-corrected chi connectivity index (χ2v) is 5.72. The first kappa shape index (κ1) is 14.5. The maximum Gasteiger partial charge on any atom is 0.240 e. The third kappa shape index (κ3) is 4.58. The van der Waals surface area contributed by atoms with Crippen LogP contribution in [0.3, 0.4) is 0 Å². The molecular weight excluding hydrogens is 242 g/mol. The molecule has 0 bridgehead atoms. The SMILES string of the molecule is CC(C)c1noc(CN(C)CCC[C@@H]2CCCO2)n1. The molecule has 19 heavy (non-hydrogen) atoms. The zero-order valence-corrected chi connectivity index (χ0v) is 12.3. The molecule has 1 aliphatic rings. The number of rotatable bonds is 7. The van der Waals surface area contributed by atoms with Gasteiger partial charge in [-0.3, -0.25) is 4.90 Å². The van der Waals surface area contributed by atoms with Gasteiger partial charge in [0.05, 0.1) is 12.6 Å². The highest BCUT2D eigenvalue weighted by Crippen LogP contribution is 2.17. The summed E-state index contributed by atoms with van der Waals surface area (Å²) in [6, 6.07) is 0. The minimum atomic E-state index is 0.322. The molecule has 0 aliphatic carbocycles. The van der Waals surface area contributed by atoms with Crippen molar-refractivity contribution in [3.63, 3.8) is 0 Å². The van der Waals surface area contributed by atoms with Crippen molar-refractivity contribution in [1.29, 1.82) is 0 Å². The minimum Gasteiger partial charge on any atom is -0.378 e. The van der Waals surface area contributed by atoms with Crippen molar-refractivity contribution in [2.45, 2.75) is 58.1 Å². The first-order chi connectivity index (χ1) is 9.15. The van der Waals surface area contributed by atoms with Gasteiger partial charge in [0.1, 0.15) is 0 Å². The van der Waals surface area contributed by atoms with Gasteiger partial charge in [0.2, 0.25) is 5.89 Å². The van der Waals surface area contributed by atoms with Crippen molar-refractivity contribution in [3.05, 3.63) is 11.7 Å². The van der Waals surface area contributed by atoms with Crippen LogP contribution in [0.4, 0.5) is 0 Å². The molecule has 5 nitrogen and oxygen atoms in total. The molecule has 1 aromatic heterocycles. The van der Waals surface area contributed by atoms with Crippen LogP contribution in [-0.4, -0.2) is 41.3 Å². The van der Waals surface area contributed by atoms with Crippen molar-refractivity contribution >= 4 is 0 Å². The summed E-state index contributed by atoms with van der Waals surface area (Å²) < 4.78 is 10.9. The van der Waals surface area contributed by atoms with Gasteiger partial charge >= 0.3 is 0 Å². The van der Waals surface area contributed by atoms with Gasteiger partial charge in [-0.15, -0.1) is 0 Å². The molecule has 1 aliphatic heterocycles. The fraction of sp³-hybridized carbons (Fsp3) is 0.857. The highest BCUT2D eigenvalue weighted by atomic mass is 16.5. The Morgan fingerprint density at radius 1 is 1.42 bits per heavy atom. The molecule has 0 aromatic carbocycles. The largest absolute Gasteiger partial charge is 0.378 e. The Kier molecular flexibility index (Phi) is 5.34. The molecule has 5 heteroatoms. The van der Waals surface area contributed by atoms with Gasteiger partial charge in [0.25, 0.3) is 0 Å². The van der Waals surface area contributed by atoms with Crippen molar-refractivity contribution < 1.29 is 9.26 Å². The maximum absolute atomic E-state index is 5.62. The van der Waals surface area contributed by atoms with Crippen LogP contribution in [0, 0.1) is 0 Å². The molecule has 108 valence electrons. The number of hydrogen-bond acceptors (Lipinski definition) is 5. The predicted molar refractivity (Wildman–Crippen MR) is 72.9 cm³/mol. The summed E-state index contributed by atoms with van der Waals surface area (Å²) in [6.45, 7) is 6.85. The molecule has 0 radical (unpaired) electrons. The van der Waals surface area contributed by atoms with E-state index in [-0.39, 0.29) is 0 Å². The van der Waals surface area contributed by atoms with Crippen LogP contribution in [0.5, 0.6) is 0 Å². The smallest absolute Gasteiger partial charge is 0.240 e. The van der Waals surface area contributed by atoms with E-state index in [1.54, 1.807) is 0 Å². The Bertz CT molecular complexity index is 373. The van der Waals surface area contributed by atoms with Crippen LogP contribution in [0.2, 0.25) is 0 Å². The normalized spacial score (nSPS) is 19.7. The van der Waals surface area contributed by atoms with Crippen molar-refractivity contribution in [2.75, 3.05) is 20.2 Å². The predicted octanol–water partition coefficient (Wildman–Crippen LogP) is 2.58. The topological polar surface area (TPSA) is 51.4 Å². The molecule has 0 spiro atoms. The van der Waals surface area contributed by atoms with E-state index in [0.717, 1.165) is 38.4 Å². The fourth-order valence-corrected chi connectivity index (χ4v) is 2.34. The average Bonchev–Trinajstić information content (AvgIpc) is 3.00. The second-order valence-electron chi connectivity index (χ2n) is 5.72. The van der Waals surface area contributed by atoms with Gasteiger partial charge < -0.3 is 9.26 Å². The Hall–Kier alpha value is -0.940. The summed E-state index contributed by atoms with van der Waals surface area (Å²) in [5, 5.41) is 3.98. The zero-order valence-electron chi connectivity index (χ0n) is 12.3. The van der Waals surface area contributed by atoms with Gasteiger partial charge in [0, 0.05) is 12.5 Å². The van der Waals surface area contributed by atoms with E-state index in [4.69, 9.17) is 9.26 Å². The summed E-state index contributed by atoms with van der Waals surface area (Å²) in [5.74, 6) is 1.83. The van der Waals surface area contributed by atoms with Gasteiger partial charge in [-0.05, 0) is 39.3 Å². The number of aromatic nitrogens is 2. The first-order valence-electron chi connectivity index (χ1n) is 7.27. The van der Waals surface area contributed by atoms with Crippen LogP contribution < -0.4 is 0 Å². The Morgan fingerprint density at radius 3 is 2.89 bits per heavy atom. The van der Waals surface area contributed by atoms with Crippen molar-refractivity contribution in [2.24, 2.45) is 0 Å². The monoisotopic (exact) mass is 267 g/mol. The maximum atomic E-state index is 5.62. The highest BCUT2D eigenvalue weighted by molar-refractivity contribution is 4.91. The molecule has 2 heterocycles. The lowest BCUT2D eigenvalue weighted by Gasteiger charge is -2.15. The minimum absolute atomic E-state index is 0.322. The number of hydrogen-bond donors (Lipinski definition) is 0. The van der Waals surface area contributed by atoms with E-state index < -0.39 is 0 Å². The quantitative estimate of drug-likeness (QED) is 0.760. The van der Waals surface area contributed by atoms with Crippen LogP contribution in [-0.2, 0) is 11.3 Å². The summed E-state index contributed by atoms with van der Waals surface area (Å²) in [6.07, 6.45) is 5.26. The Balaban J connectivity index is 1.66. The van der Waals surface area contributed by atoms with E-state index in [2.05, 4.69) is 35.9 Å². The van der Waals surface area contributed by atoms with Gasteiger partial charge in [-0.1, -0.05) is 19.0 Å². The van der Waals surface area contributed by atoms with Crippen LogP contribution >= 0.6 is 0 Å². The van der Waals surface area contributed by atoms with Crippen LogP contribution in [0.1, 0.15) is 57.2 Å². The Morgan fingerprint density at radius 2 is 2.26 bits per heavy atom. The summed E-state index contributed by atoms with van der Waals surface area (Å²) in [5.41, 5.74) is 0. The lowest BCUT2D eigenvalue weighted by molar-refractivity contribution is 0.0991. The van der Waals surface area contributed by atoms with Gasteiger partial charge in [-0.25, -0.2) is 0 Å². The molecule has 1 aromatic rings. The lowest BCUT2D eigenvalue weighted by atomic mass is 10.1. The third-order valence-electron chi connectivity index (χ3n) is 3.50. The molecule has 0 amide bonds. The fourth-order valence-electron chi connectivity index (χ4n) is 2.34. The second kappa shape index (κ2) is 7.01. The van der Waals surface area contributed by atoms with E-state index in [9.17, 15) is 0 Å². The summed E-state index contributed by atoms with van der Waals surface area (Å²) >= 11 is 0. The first-order valence-corrected chi connectivity index (χ1v) is 7.27. The van der Waals surface area contributed by atoms with E-state index in [1.165, 1.54) is 12.8 Å². The zero-order chi connectivity index (χ0) is 13.7. The third-order valence-corrected chi connectivity index (χ3v) is 3.50. The highest BCUT2D eigenvalue weighted by Gasteiger charge is 2.15. The van der Waals surface area contributed by atoms with Gasteiger partial charge in [-0.2, -0.15) is 4.98 Å². The molecule has 2 rings (SSSR count). The standard InChI is InChI=1S/C14H25N3O2/c1-11(2)14-15-13(19-16-14)10-17(3)8-4-6-12-7-5-9-18-12/h11-12H,4-10H2,1-3H3/t12-/m1/s1. The van der Waals surface area contributed by atoms with E-state index in [1.807, 2.05) is 0 Å². The summed E-state index contributed by atoms with van der Waals surface area (Å²) in [7, 11) is 2.09. The Labute approximate surface area is 115 Å². The molecule has 1 atom stereocenters. The molecule has 1 saturated heterocycles. The number of ether oxygens (including phenoxy) is 1. The van der Waals surface area contributed by atoms with Crippen LogP contribution in [0.25, 0.3) is 0 Å². The van der Waals surface area contributed by atoms with E-state index in [0.29, 0.717) is 17.9 Å². The molecule has 0 saturated carbocycles. The van der Waals surface area contributed by atoms with Gasteiger partial charge in [0.15, 0.2) is 5.82 Å². The molecular formula is C14H25N3O2. The van der Waals surface area contributed by atoms with Crippen molar-refractivity contribution in [1.82, 2.24) is 15.0 Å².